The molecule has 1 aromatic carbocycles. The van der Waals surface area contributed by atoms with E-state index in [9.17, 15) is 27.9 Å². The van der Waals surface area contributed by atoms with Crippen LogP contribution >= 0.6 is 0 Å². The number of anilines is 1. The van der Waals surface area contributed by atoms with Crippen molar-refractivity contribution >= 4 is 17.5 Å². The summed E-state index contributed by atoms with van der Waals surface area (Å²) in [6.45, 7) is 1.07. The third-order valence-corrected chi connectivity index (χ3v) is 2.74. The minimum atomic E-state index is -4.55. The smallest absolute Gasteiger partial charge is 0.386 e. The van der Waals surface area contributed by atoms with Gasteiger partial charge in [0.15, 0.2) is 0 Å². The molecule has 0 saturated heterocycles. The fourth-order valence-electron chi connectivity index (χ4n) is 1.67. The Morgan fingerprint density at radius 1 is 1.26 bits per heavy atom. The van der Waals surface area contributed by atoms with E-state index >= 15 is 0 Å². The number of amides is 2. The number of methoxy groups -OCH3 is 1. The van der Waals surface area contributed by atoms with Crippen LogP contribution < -0.4 is 10.6 Å². The van der Waals surface area contributed by atoms with Gasteiger partial charge < -0.3 is 20.5 Å². The monoisotopic (exact) mass is 334 g/mol. The van der Waals surface area contributed by atoms with Crippen LogP contribution in [0.15, 0.2) is 24.3 Å². The number of benzene rings is 1. The molecule has 128 valence electrons. The fraction of sp³-hybridized carbons (Fsp3) is 0.429. The summed E-state index contributed by atoms with van der Waals surface area (Å²) >= 11 is 0. The van der Waals surface area contributed by atoms with Crippen LogP contribution in [0.2, 0.25) is 0 Å². The van der Waals surface area contributed by atoms with Crippen molar-refractivity contribution in [1.29, 1.82) is 0 Å². The van der Waals surface area contributed by atoms with Crippen molar-refractivity contribution < 1.29 is 32.6 Å². The van der Waals surface area contributed by atoms with Gasteiger partial charge in [0.2, 0.25) is 0 Å². The molecule has 0 saturated carbocycles. The van der Waals surface area contributed by atoms with Crippen molar-refractivity contribution in [3.8, 4) is 0 Å². The van der Waals surface area contributed by atoms with E-state index in [1.807, 2.05) is 0 Å². The number of hydrogen-bond donors (Lipinski definition) is 3. The molecule has 9 heteroatoms. The zero-order chi connectivity index (χ0) is 17.7. The maximum atomic E-state index is 12.6. The number of alkyl halides is 3. The Morgan fingerprint density at radius 3 is 2.48 bits per heavy atom. The predicted molar refractivity (Wildman–Crippen MR) is 75.6 cm³/mol. The minimum Gasteiger partial charge on any atom is -0.386 e. The molecule has 1 rings (SSSR count). The number of carbonyl (C=O) groups excluding carboxylic acids is 2. The lowest BCUT2D eigenvalue weighted by Crippen LogP contribution is -2.46. The van der Waals surface area contributed by atoms with E-state index in [2.05, 4.69) is 10.6 Å². The topological polar surface area (TPSA) is 87.7 Å². The Hall–Kier alpha value is -2.13. The molecule has 0 bridgehead atoms. The normalized spacial score (nSPS) is 14.0. The van der Waals surface area contributed by atoms with Gasteiger partial charge in [-0.25, -0.2) is 0 Å². The first-order valence-electron chi connectivity index (χ1n) is 6.53. The molecule has 6 nitrogen and oxygen atoms in total. The third-order valence-electron chi connectivity index (χ3n) is 2.74. The lowest BCUT2D eigenvalue weighted by molar-refractivity contribution is -0.137. The molecule has 2 amide bonds. The van der Waals surface area contributed by atoms with E-state index in [0.717, 1.165) is 12.1 Å². The van der Waals surface area contributed by atoms with Gasteiger partial charge in [0, 0.05) is 19.3 Å². The summed E-state index contributed by atoms with van der Waals surface area (Å²) in [6.07, 6.45) is -4.55. The molecule has 0 aliphatic rings. The quantitative estimate of drug-likeness (QED) is 0.705. The maximum Gasteiger partial charge on any atom is 0.416 e. The molecule has 1 unspecified atom stereocenters. The molecule has 0 fully saturated rings. The molecule has 0 aliphatic carbocycles. The number of ether oxygens (including phenoxy) is 1. The highest BCUT2D eigenvalue weighted by atomic mass is 19.4. The second-order valence-corrected chi connectivity index (χ2v) is 5.15. The van der Waals surface area contributed by atoms with Crippen molar-refractivity contribution in [1.82, 2.24) is 5.32 Å². The molecular weight excluding hydrogens is 317 g/mol. The zero-order valence-corrected chi connectivity index (χ0v) is 12.5. The zero-order valence-electron chi connectivity index (χ0n) is 12.5. The van der Waals surface area contributed by atoms with Crippen molar-refractivity contribution in [2.24, 2.45) is 0 Å². The largest absolute Gasteiger partial charge is 0.416 e. The second-order valence-electron chi connectivity index (χ2n) is 5.15. The van der Waals surface area contributed by atoms with Crippen molar-refractivity contribution in [3.05, 3.63) is 29.8 Å². The van der Waals surface area contributed by atoms with Crippen molar-refractivity contribution in [3.63, 3.8) is 0 Å². The highest BCUT2D eigenvalue weighted by molar-refractivity contribution is 6.39. The highest BCUT2D eigenvalue weighted by Gasteiger charge is 2.30. The molecule has 0 aromatic heterocycles. The first-order valence-corrected chi connectivity index (χ1v) is 6.53. The SMILES string of the molecule is COCC(C)(O)CNC(=O)C(=O)Nc1cccc(C(F)(F)F)c1. The summed E-state index contributed by atoms with van der Waals surface area (Å²) in [4.78, 5) is 23.2. The molecule has 0 radical (unpaired) electrons. The van der Waals surface area contributed by atoms with Gasteiger partial charge in [-0.15, -0.1) is 0 Å². The Kier molecular flexibility index (Phi) is 6.11. The van der Waals surface area contributed by atoms with E-state index in [0.29, 0.717) is 6.07 Å². The number of hydrogen-bond acceptors (Lipinski definition) is 4. The Labute approximate surface area is 130 Å². The van der Waals surface area contributed by atoms with Gasteiger partial charge in [-0.2, -0.15) is 13.2 Å². The van der Waals surface area contributed by atoms with Crippen LogP contribution in [0, 0.1) is 0 Å². The highest BCUT2D eigenvalue weighted by Crippen LogP contribution is 2.30. The number of halogens is 3. The van der Waals surface area contributed by atoms with Gasteiger partial charge in [0.05, 0.1) is 12.2 Å². The Morgan fingerprint density at radius 2 is 1.91 bits per heavy atom. The van der Waals surface area contributed by atoms with Crippen molar-refractivity contribution in [2.75, 3.05) is 25.6 Å². The molecule has 1 aromatic rings. The number of rotatable bonds is 5. The van der Waals surface area contributed by atoms with E-state index in [1.165, 1.54) is 20.1 Å². The summed E-state index contributed by atoms with van der Waals surface area (Å²) in [5.74, 6) is -2.23. The average molecular weight is 334 g/mol. The van der Waals surface area contributed by atoms with Crippen LogP contribution in [0.25, 0.3) is 0 Å². The first-order chi connectivity index (χ1) is 10.5. The molecule has 1 atom stereocenters. The lowest BCUT2D eigenvalue weighted by Gasteiger charge is -2.22. The van der Waals surface area contributed by atoms with Crippen LogP contribution in [-0.4, -0.2) is 42.8 Å². The lowest BCUT2D eigenvalue weighted by atomic mass is 10.1. The maximum absolute atomic E-state index is 12.6. The first kappa shape index (κ1) is 18.9. The number of nitrogens with one attached hydrogen (secondary N) is 2. The molecule has 0 aliphatic heterocycles. The third kappa shape index (κ3) is 6.25. The van der Waals surface area contributed by atoms with Crippen LogP contribution in [-0.2, 0) is 20.5 Å². The van der Waals surface area contributed by atoms with Crippen LogP contribution in [0.4, 0.5) is 18.9 Å². The van der Waals surface area contributed by atoms with Gasteiger partial charge >= 0.3 is 18.0 Å². The second kappa shape index (κ2) is 7.42. The van der Waals surface area contributed by atoms with Gasteiger partial charge in [-0.1, -0.05) is 6.07 Å². The summed E-state index contributed by atoms with van der Waals surface area (Å²) in [6, 6.07) is 3.89. The number of aliphatic hydroxyl groups is 1. The molecule has 3 N–H and O–H groups in total. The van der Waals surface area contributed by atoms with Gasteiger partial charge in [-0.05, 0) is 25.1 Å². The van der Waals surface area contributed by atoms with E-state index in [1.54, 1.807) is 0 Å². The van der Waals surface area contributed by atoms with E-state index < -0.39 is 29.2 Å². The summed E-state index contributed by atoms with van der Waals surface area (Å²) in [5.41, 5.74) is -2.48. The van der Waals surface area contributed by atoms with Gasteiger partial charge in [-0.3, -0.25) is 9.59 Å². The summed E-state index contributed by atoms with van der Waals surface area (Å²) in [7, 11) is 1.36. The Bertz CT molecular complexity index is 573. The summed E-state index contributed by atoms with van der Waals surface area (Å²) in [5, 5.41) is 14.0. The average Bonchev–Trinajstić information content (AvgIpc) is 2.44. The van der Waals surface area contributed by atoms with Crippen LogP contribution in [0.1, 0.15) is 12.5 Å². The van der Waals surface area contributed by atoms with Gasteiger partial charge in [0.1, 0.15) is 5.60 Å². The number of carbonyl (C=O) groups is 2. The Balaban J connectivity index is 2.64. The minimum absolute atomic E-state index is 0.0669. The molecule has 0 spiro atoms. The predicted octanol–water partition coefficient (Wildman–Crippen LogP) is 1.16. The molecular formula is C14H17F3N2O4. The van der Waals surface area contributed by atoms with E-state index in [-0.39, 0.29) is 18.8 Å². The van der Waals surface area contributed by atoms with Crippen LogP contribution in [0.5, 0.6) is 0 Å². The fourth-order valence-corrected chi connectivity index (χ4v) is 1.67. The van der Waals surface area contributed by atoms with Crippen molar-refractivity contribution in [2.45, 2.75) is 18.7 Å². The van der Waals surface area contributed by atoms with E-state index in [4.69, 9.17) is 4.74 Å². The molecule has 0 heterocycles. The van der Waals surface area contributed by atoms with Crippen LogP contribution in [0.3, 0.4) is 0 Å². The van der Waals surface area contributed by atoms with Gasteiger partial charge in [0.25, 0.3) is 0 Å². The molecule has 23 heavy (non-hydrogen) atoms. The standard InChI is InChI=1S/C14H17F3N2O4/c1-13(22,8-23-2)7-18-11(20)12(21)19-10-5-3-4-9(6-10)14(15,16)17/h3-6,22H,7-8H2,1-2H3,(H,18,20)(H,19,21). The summed E-state index contributed by atoms with van der Waals surface area (Å²) < 4.78 is 42.4.